The molecule has 1 aromatic carbocycles. The molecule has 1 fully saturated rings. The van der Waals surface area contributed by atoms with E-state index in [1.54, 1.807) is 0 Å². The smallest absolute Gasteiger partial charge is 0.0971 e. The summed E-state index contributed by atoms with van der Waals surface area (Å²) in [5.74, 6) is 0. The lowest BCUT2D eigenvalue weighted by molar-refractivity contribution is 0.318. The molecular formula is C13H11ClN2. The number of nitrogens with one attached hydrogen (secondary N) is 1. The Bertz CT molecular complexity index is 587. The first-order chi connectivity index (χ1) is 7.73. The Balaban J connectivity index is 2.16. The molecule has 0 bridgehead atoms. The fourth-order valence-corrected chi connectivity index (χ4v) is 2.51. The Hall–Kier alpha value is -1.46. The van der Waals surface area contributed by atoms with Crippen molar-refractivity contribution in [3.8, 4) is 6.07 Å². The standard InChI is InChI=1S/C13H11ClN2/c14-10-2-3-11-9(6-10)7-12(16-11)13(8-15)4-1-5-13/h2-3,6-7,16H,1,4-5H2. The van der Waals surface area contributed by atoms with Crippen molar-refractivity contribution in [1.82, 2.24) is 4.98 Å². The van der Waals surface area contributed by atoms with Gasteiger partial charge in [0, 0.05) is 21.6 Å². The molecule has 0 unspecified atom stereocenters. The molecule has 2 aromatic rings. The van der Waals surface area contributed by atoms with Gasteiger partial charge < -0.3 is 4.98 Å². The summed E-state index contributed by atoms with van der Waals surface area (Å²) in [6, 6.07) is 10.3. The van der Waals surface area contributed by atoms with E-state index in [1.807, 2.05) is 18.2 Å². The molecule has 80 valence electrons. The summed E-state index contributed by atoms with van der Waals surface area (Å²) in [7, 11) is 0. The Kier molecular flexibility index (Phi) is 1.99. The SMILES string of the molecule is N#CC1(c2cc3cc(Cl)ccc3[nH]2)CCC1. The lowest BCUT2D eigenvalue weighted by atomic mass is 9.68. The Morgan fingerprint density at radius 3 is 2.75 bits per heavy atom. The highest BCUT2D eigenvalue weighted by Gasteiger charge is 2.40. The fourth-order valence-electron chi connectivity index (χ4n) is 2.33. The van der Waals surface area contributed by atoms with Crippen LogP contribution in [0.2, 0.25) is 5.02 Å². The summed E-state index contributed by atoms with van der Waals surface area (Å²) in [6.45, 7) is 0. The van der Waals surface area contributed by atoms with Crippen LogP contribution in [-0.4, -0.2) is 4.98 Å². The van der Waals surface area contributed by atoms with Crippen LogP contribution in [0, 0.1) is 11.3 Å². The first kappa shape index (κ1) is 9.74. The highest BCUT2D eigenvalue weighted by Crippen LogP contribution is 2.43. The average Bonchev–Trinajstić information content (AvgIpc) is 2.60. The van der Waals surface area contributed by atoms with Gasteiger partial charge in [0.15, 0.2) is 0 Å². The van der Waals surface area contributed by atoms with Gasteiger partial charge in [0.2, 0.25) is 0 Å². The van der Waals surface area contributed by atoms with Crippen LogP contribution < -0.4 is 0 Å². The molecule has 0 saturated heterocycles. The average molecular weight is 231 g/mol. The maximum atomic E-state index is 9.27. The number of nitrogens with zero attached hydrogens (tertiary/aromatic N) is 1. The van der Waals surface area contributed by atoms with Gasteiger partial charge in [-0.1, -0.05) is 11.6 Å². The molecule has 1 heterocycles. The molecule has 1 aliphatic rings. The Labute approximate surface area is 98.8 Å². The number of rotatable bonds is 1. The number of hydrogen-bond donors (Lipinski definition) is 1. The Morgan fingerprint density at radius 2 is 2.12 bits per heavy atom. The van der Waals surface area contributed by atoms with Gasteiger partial charge in [-0.2, -0.15) is 5.26 Å². The number of benzene rings is 1. The molecule has 0 atom stereocenters. The molecule has 1 aromatic heterocycles. The first-order valence-electron chi connectivity index (χ1n) is 5.44. The van der Waals surface area contributed by atoms with E-state index in [0.29, 0.717) is 0 Å². The molecule has 3 rings (SSSR count). The number of H-pyrrole nitrogens is 1. The monoisotopic (exact) mass is 230 g/mol. The van der Waals surface area contributed by atoms with Gasteiger partial charge >= 0.3 is 0 Å². The Morgan fingerprint density at radius 1 is 1.31 bits per heavy atom. The molecule has 1 saturated carbocycles. The molecule has 3 heteroatoms. The summed E-state index contributed by atoms with van der Waals surface area (Å²) in [5.41, 5.74) is 1.82. The van der Waals surface area contributed by atoms with Crippen molar-refractivity contribution in [3.05, 3.63) is 35.0 Å². The highest BCUT2D eigenvalue weighted by atomic mass is 35.5. The van der Waals surface area contributed by atoms with Crippen LogP contribution in [0.15, 0.2) is 24.3 Å². The zero-order chi connectivity index (χ0) is 11.2. The van der Waals surface area contributed by atoms with E-state index < -0.39 is 0 Å². The van der Waals surface area contributed by atoms with Gasteiger partial charge in [-0.05, 0) is 43.5 Å². The van der Waals surface area contributed by atoms with Crippen molar-refractivity contribution in [1.29, 1.82) is 5.26 Å². The molecule has 2 nitrogen and oxygen atoms in total. The van der Waals surface area contributed by atoms with E-state index in [1.165, 1.54) is 0 Å². The minimum absolute atomic E-state index is 0.272. The number of fused-ring (bicyclic) bond motifs is 1. The second-order valence-corrected chi connectivity index (χ2v) is 4.90. The van der Waals surface area contributed by atoms with Crippen molar-refractivity contribution in [2.75, 3.05) is 0 Å². The summed E-state index contributed by atoms with van der Waals surface area (Å²) in [5, 5.41) is 11.1. The number of halogens is 1. The van der Waals surface area contributed by atoms with Gasteiger partial charge in [0.25, 0.3) is 0 Å². The minimum atomic E-state index is -0.272. The van der Waals surface area contributed by atoms with Crippen LogP contribution in [0.1, 0.15) is 25.0 Å². The zero-order valence-corrected chi connectivity index (χ0v) is 9.51. The maximum absolute atomic E-state index is 9.27. The third-order valence-electron chi connectivity index (χ3n) is 3.52. The van der Waals surface area contributed by atoms with Gasteiger partial charge in [0.1, 0.15) is 0 Å². The quantitative estimate of drug-likeness (QED) is 0.796. The highest BCUT2D eigenvalue weighted by molar-refractivity contribution is 6.31. The zero-order valence-electron chi connectivity index (χ0n) is 8.76. The van der Waals surface area contributed by atoms with Gasteiger partial charge in [-0.3, -0.25) is 0 Å². The molecular weight excluding hydrogens is 220 g/mol. The third kappa shape index (κ3) is 1.25. The van der Waals surface area contributed by atoms with Crippen molar-refractivity contribution in [2.24, 2.45) is 0 Å². The van der Waals surface area contributed by atoms with Gasteiger partial charge in [-0.25, -0.2) is 0 Å². The van der Waals surface area contributed by atoms with E-state index in [-0.39, 0.29) is 5.41 Å². The number of aromatic amines is 1. The van der Waals surface area contributed by atoms with Crippen LogP contribution in [0.4, 0.5) is 0 Å². The topological polar surface area (TPSA) is 39.6 Å². The summed E-state index contributed by atoms with van der Waals surface area (Å²) >= 11 is 5.95. The fraction of sp³-hybridized carbons (Fsp3) is 0.308. The number of aromatic nitrogens is 1. The molecule has 16 heavy (non-hydrogen) atoms. The van der Waals surface area contributed by atoms with Crippen molar-refractivity contribution in [3.63, 3.8) is 0 Å². The molecule has 0 aliphatic heterocycles. The van der Waals surface area contributed by atoms with Crippen LogP contribution in [0.25, 0.3) is 10.9 Å². The van der Waals surface area contributed by atoms with Gasteiger partial charge in [0.05, 0.1) is 11.5 Å². The molecule has 0 radical (unpaired) electrons. The predicted molar refractivity (Wildman–Crippen MR) is 64.5 cm³/mol. The molecule has 0 amide bonds. The van der Waals surface area contributed by atoms with E-state index in [2.05, 4.69) is 17.1 Å². The number of nitriles is 1. The van der Waals surface area contributed by atoms with E-state index >= 15 is 0 Å². The third-order valence-corrected chi connectivity index (χ3v) is 3.75. The summed E-state index contributed by atoms with van der Waals surface area (Å²) in [6.07, 6.45) is 3.07. The van der Waals surface area contributed by atoms with E-state index in [4.69, 9.17) is 11.6 Å². The minimum Gasteiger partial charge on any atom is -0.357 e. The first-order valence-corrected chi connectivity index (χ1v) is 5.81. The normalized spacial score (nSPS) is 18.0. The van der Waals surface area contributed by atoms with Crippen molar-refractivity contribution < 1.29 is 0 Å². The second kappa shape index (κ2) is 3.26. The molecule has 1 aliphatic carbocycles. The lowest BCUT2D eigenvalue weighted by Crippen LogP contribution is -2.32. The van der Waals surface area contributed by atoms with Crippen LogP contribution in [0.5, 0.6) is 0 Å². The van der Waals surface area contributed by atoms with Crippen molar-refractivity contribution >= 4 is 22.5 Å². The number of hydrogen-bond acceptors (Lipinski definition) is 1. The van der Waals surface area contributed by atoms with Gasteiger partial charge in [-0.15, -0.1) is 0 Å². The second-order valence-electron chi connectivity index (χ2n) is 4.46. The van der Waals surface area contributed by atoms with Crippen LogP contribution in [0.3, 0.4) is 0 Å². The summed E-state index contributed by atoms with van der Waals surface area (Å²) < 4.78 is 0. The maximum Gasteiger partial charge on any atom is 0.0971 e. The van der Waals surface area contributed by atoms with Crippen LogP contribution in [-0.2, 0) is 5.41 Å². The van der Waals surface area contributed by atoms with E-state index in [0.717, 1.165) is 40.9 Å². The molecule has 1 N–H and O–H groups in total. The van der Waals surface area contributed by atoms with Crippen LogP contribution >= 0.6 is 11.6 Å². The van der Waals surface area contributed by atoms with E-state index in [9.17, 15) is 5.26 Å². The predicted octanol–water partition coefficient (Wildman–Crippen LogP) is 3.77. The lowest BCUT2D eigenvalue weighted by Gasteiger charge is -2.34. The summed E-state index contributed by atoms with van der Waals surface area (Å²) in [4.78, 5) is 3.34. The largest absolute Gasteiger partial charge is 0.357 e. The molecule has 0 spiro atoms. The van der Waals surface area contributed by atoms with Crippen molar-refractivity contribution in [2.45, 2.75) is 24.7 Å².